The van der Waals surface area contributed by atoms with Crippen molar-refractivity contribution in [2.75, 3.05) is 12.3 Å². The Bertz CT molecular complexity index is 437. The summed E-state index contributed by atoms with van der Waals surface area (Å²) < 4.78 is 18.7. The van der Waals surface area contributed by atoms with E-state index in [1.165, 1.54) is 6.20 Å². The van der Waals surface area contributed by atoms with Gasteiger partial charge < -0.3 is 16.2 Å². The monoisotopic (exact) mass is 224 g/mol. The molecule has 0 spiro atoms. The summed E-state index contributed by atoms with van der Waals surface area (Å²) in [6.45, 7) is 1.62. The number of anilines is 1. The smallest absolute Gasteiger partial charge is 0.228 e. The summed E-state index contributed by atoms with van der Waals surface area (Å²) in [5.74, 6) is 0.581. The van der Waals surface area contributed by atoms with Crippen molar-refractivity contribution in [1.82, 2.24) is 4.98 Å². The van der Waals surface area contributed by atoms with Gasteiger partial charge in [0.25, 0.3) is 0 Å². The minimum atomic E-state index is -1.54. The number of nitrogen functional groups attached to an aromatic ring is 1. The molecule has 0 fully saturated rings. The fourth-order valence-electron chi connectivity index (χ4n) is 1.66. The van der Waals surface area contributed by atoms with Crippen LogP contribution in [0.3, 0.4) is 0 Å². The standard InChI is InChI=1S/C10H13FN4O/c1-10(6-2-3-14-7(12)4-6)9(11)16-5-8(13)15-10/h2-4,9H,5H2,1H3,(H2,12,14)(H2,13,15). The van der Waals surface area contributed by atoms with Crippen LogP contribution in [0.25, 0.3) is 0 Å². The van der Waals surface area contributed by atoms with E-state index >= 15 is 0 Å². The lowest BCUT2D eigenvalue weighted by Crippen LogP contribution is -2.43. The summed E-state index contributed by atoms with van der Waals surface area (Å²) >= 11 is 0. The molecule has 1 aromatic rings. The first-order valence-electron chi connectivity index (χ1n) is 4.84. The number of nitrogens with zero attached hydrogens (tertiary/aromatic N) is 2. The van der Waals surface area contributed by atoms with Gasteiger partial charge in [0.05, 0.1) is 0 Å². The Kier molecular flexibility index (Phi) is 2.51. The fraction of sp³-hybridized carbons (Fsp3) is 0.400. The van der Waals surface area contributed by atoms with E-state index in [1.54, 1.807) is 19.1 Å². The van der Waals surface area contributed by atoms with Gasteiger partial charge in [-0.15, -0.1) is 0 Å². The van der Waals surface area contributed by atoms with Gasteiger partial charge in [0.1, 0.15) is 23.8 Å². The largest absolute Gasteiger partial charge is 0.385 e. The highest BCUT2D eigenvalue weighted by molar-refractivity contribution is 5.82. The second kappa shape index (κ2) is 3.71. The highest BCUT2D eigenvalue weighted by atomic mass is 19.1. The fourth-order valence-corrected chi connectivity index (χ4v) is 1.66. The van der Waals surface area contributed by atoms with Crippen LogP contribution in [-0.4, -0.2) is 23.8 Å². The van der Waals surface area contributed by atoms with Gasteiger partial charge in [-0.05, 0) is 24.6 Å². The lowest BCUT2D eigenvalue weighted by atomic mass is 9.92. The molecular formula is C10H13FN4O. The molecule has 0 amide bonds. The molecular weight excluding hydrogens is 211 g/mol. The number of aliphatic imine (C=N–C) groups is 1. The maximum absolute atomic E-state index is 13.8. The molecule has 0 saturated carbocycles. The van der Waals surface area contributed by atoms with E-state index in [1.807, 2.05) is 0 Å². The summed E-state index contributed by atoms with van der Waals surface area (Å²) in [6, 6.07) is 3.21. The quantitative estimate of drug-likeness (QED) is 0.729. The molecule has 4 N–H and O–H groups in total. The van der Waals surface area contributed by atoms with Crippen molar-refractivity contribution in [2.24, 2.45) is 10.7 Å². The Morgan fingerprint density at radius 3 is 3.00 bits per heavy atom. The average Bonchev–Trinajstić information content (AvgIpc) is 2.24. The van der Waals surface area contributed by atoms with Crippen molar-refractivity contribution in [1.29, 1.82) is 0 Å². The van der Waals surface area contributed by atoms with Crippen LogP contribution in [0, 0.1) is 0 Å². The zero-order valence-corrected chi connectivity index (χ0v) is 8.85. The normalized spacial score (nSPS) is 29.9. The van der Waals surface area contributed by atoms with Crippen molar-refractivity contribution < 1.29 is 9.13 Å². The van der Waals surface area contributed by atoms with Gasteiger partial charge in [0.15, 0.2) is 0 Å². The minimum absolute atomic E-state index is 0.0112. The van der Waals surface area contributed by atoms with Crippen LogP contribution in [0.5, 0.6) is 0 Å². The van der Waals surface area contributed by atoms with Gasteiger partial charge in [-0.3, -0.25) is 4.99 Å². The predicted molar refractivity (Wildman–Crippen MR) is 58.5 cm³/mol. The van der Waals surface area contributed by atoms with E-state index in [0.717, 1.165) is 0 Å². The zero-order chi connectivity index (χ0) is 11.8. The van der Waals surface area contributed by atoms with Crippen LogP contribution in [0.2, 0.25) is 0 Å². The minimum Gasteiger partial charge on any atom is -0.385 e. The average molecular weight is 224 g/mol. The van der Waals surface area contributed by atoms with E-state index in [-0.39, 0.29) is 12.4 Å². The van der Waals surface area contributed by atoms with Crippen molar-refractivity contribution in [3.8, 4) is 0 Å². The molecule has 0 saturated heterocycles. The molecule has 6 heteroatoms. The Labute approximate surface area is 92.3 Å². The van der Waals surface area contributed by atoms with Gasteiger partial charge in [-0.2, -0.15) is 0 Å². The van der Waals surface area contributed by atoms with Crippen molar-refractivity contribution >= 4 is 11.7 Å². The number of nitrogens with two attached hydrogens (primary N) is 2. The van der Waals surface area contributed by atoms with Gasteiger partial charge >= 0.3 is 0 Å². The lowest BCUT2D eigenvalue weighted by Gasteiger charge is -2.33. The molecule has 0 bridgehead atoms. The Hall–Kier alpha value is -1.69. The Morgan fingerprint density at radius 1 is 1.56 bits per heavy atom. The predicted octanol–water partition coefficient (Wildman–Crippen LogP) is 0.562. The number of halogens is 1. The highest BCUT2D eigenvalue weighted by Gasteiger charge is 2.40. The molecule has 86 valence electrons. The van der Waals surface area contributed by atoms with Crippen LogP contribution in [-0.2, 0) is 10.3 Å². The molecule has 1 aliphatic rings. The number of pyridine rings is 1. The second-order valence-electron chi connectivity index (χ2n) is 3.85. The van der Waals surface area contributed by atoms with Crippen molar-refractivity contribution in [3.05, 3.63) is 23.9 Å². The molecule has 2 rings (SSSR count). The van der Waals surface area contributed by atoms with Gasteiger partial charge in [-0.25, -0.2) is 9.37 Å². The number of aromatic nitrogens is 1. The number of ether oxygens (including phenoxy) is 1. The first kappa shape index (κ1) is 10.8. The molecule has 1 aliphatic heterocycles. The molecule has 2 atom stereocenters. The molecule has 16 heavy (non-hydrogen) atoms. The van der Waals surface area contributed by atoms with Crippen LogP contribution in [0.15, 0.2) is 23.3 Å². The molecule has 0 aromatic carbocycles. The molecule has 5 nitrogen and oxygen atoms in total. The first-order chi connectivity index (χ1) is 7.52. The maximum atomic E-state index is 13.8. The van der Waals surface area contributed by atoms with E-state index in [0.29, 0.717) is 11.4 Å². The number of hydrogen-bond donors (Lipinski definition) is 2. The van der Waals surface area contributed by atoms with Crippen molar-refractivity contribution in [3.63, 3.8) is 0 Å². The number of hydrogen-bond acceptors (Lipinski definition) is 5. The number of amidine groups is 1. The zero-order valence-electron chi connectivity index (χ0n) is 8.85. The third-order valence-electron chi connectivity index (χ3n) is 2.56. The van der Waals surface area contributed by atoms with E-state index in [4.69, 9.17) is 16.2 Å². The van der Waals surface area contributed by atoms with Gasteiger partial charge in [0.2, 0.25) is 6.36 Å². The Morgan fingerprint density at radius 2 is 2.31 bits per heavy atom. The third-order valence-corrected chi connectivity index (χ3v) is 2.56. The maximum Gasteiger partial charge on any atom is 0.228 e. The number of rotatable bonds is 1. The van der Waals surface area contributed by atoms with Crippen molar-refractivity contribution in [2.45, 2.75) is 18.8 Å². The van der Waals surface area contributed by atoms with Gasteiger partial charge in [0, 0.05) is 6.20 Å². The third kappa shape index (κ3) is 1.71. The van der Waals surface area contributed by atoms with Crippen LogP contribution < -0.4 is 11.5 Å². The summed E-state index contributed by atoms with van der Waals surface area (Å²) in [6.07, 6.45) is -0.0373. The first-order valence-corrected chi connectivity index (χ1v) is 4.84. The second-order valence-corrected chi connectivity index (χ2v) is 3.85. The van der Waals surface area contributed by atoms with Gasteiger partial charge in [-0.1, -0.05) is 0 Å². The highest BCUT2D eigenvalue weighted by Crippen LogP contribution is 2.34. The van der Waals surface area contributed by atoms with Crippen LogP contribution >= 0.6 is 0 Å². The molecule has 0 aliphatic carbocycles. The van der Waals surface area contributed by atoms with E-state index < -0.39 is 11.9 Å². The van der Waals surface area contributed by atoms with E-state index in [2.05, 4.69) is 9.98 Å². The molecule has 1 aromatic heterocycles. The van der Waals surface area contributed by atoms with Crippen LogP contribution in [0.1, 0.15) is 12.5 Å². The topological polar surface area (TPSA) is 86.5 Å². The molecule has 0 radical (unpaired) electrons. The Balaban J connectivity index is 2.47. The summed E-state index contributed by atoms with van der Waals surface area (Å²) in [5.41, 5.74) is 10.5. The summed E-state index contributed by atoms with van der Waals surface area (Å²) in [4.78, 5) is 7.96. The molecule has 2 heterocycles. The lowest BCUT2D eigenvalue weighted by molar-refractivity contribution is -0.0796. The SMILES string of the molecule is CC1(c2ccnc(N)c2)N=C(N)COC1F. The number of alkyl halides is 1. The molecule has 2 unspecified atom stereocenters. The summed E-state index contributed by atoms with van der Waals surface area (Å²) in [5, 5.41) is 0. The van der Waals surface area contributed by atoms with E-state index in [9.17, 15) is 4.39 Å². The summed E-state index contributed by atoms with van der Waals surface area (Å²) in [7, 11) is 0. The van der Waals surface area contributed by atoms with Crippen LogP contribution in [0.4, 0.5) is 10.2 Å².